The van der Waals surface area contributed by atoms with Crippen LogP contribution >= 0.6 is 86.7 Å². The quantitative estimate of drug-likeness (QED) is 0.157. The maximum Gasteiger partial charge on any atom is 0.471 e. The van der Waals surface area contributed by atoms with Crippen LogP contribution in [0.3, 0.4) is 0 Å². The summed E-state index contributed by atoms with van der Waals surface area (Å²) in [5.74, 6) is -2.87. The van der Waals surface area contributed by atoms with Crippen LogP contribution in [0.25, 0.3) is 5.52 Å². The summed E-state index contributed by atoms with van der Waals surface area (Å²) in [6.45, 7) is 0.263. The first-order valence-corrected chi connectivity index (χ1v) is 17.7. The van der Waals surface area contributed by atoms with Gasteiger partial charge in [0.2, 0.25) is 5.82 Å². The number of nitrogens with zero attached hydrogens (tertiary/aromatic N) is 4. The van der Waals surface area contributed by atoms with Gasteiger partial charge in [-0.05, 0) is 118 Å². The number of nitrogens with two attached hydrogens (primary N) is 1. The van der Waals surface area contributed by atoms with Gasteiger partial charge >= 0.3 is 23.5 Å². The number of aromatic nitrogens is 4. The topological polar surface area (TPSA) is 115 Å². The molecule has 0 aliphatic rings. The van der Waals surface area contributed by atoms with Crippen LogP contribution in [0.4, 0.5) is 26.3 Å². The van der Waals surface area contributed by atoms with E-state index in [-0.39, 0.29) is 6.54 Å². The Morgan fingerprint density at radius 2 is 1.33 bits per heavy atom. The average Bonchev–Trinajstić information content (AvgIpc) is 3.32. The molecule has 4 aromatic heterocycles. The number of carbonyl (C=O) groups excluding carboxylic acids is 1. The van der Waals surface area contributed by atoms with Crippen molar-refractivity contribution in [1.82, 2.24) is 24.7 Å². The van der Waals surface area contributed by atoms with Crippen molar-refractivity contribution in [3.05, 3.63) is 91.8 Å². The number of imidazole rings is 1. The second-order valence-electron chi connectivity index (χ2n) is 7.44. The Kier molecular flexibility index (Phi) is 16.5. The lowest BCUT2D eigenvalue weighted by Crippen LogP contribution is -2.36. The molecule has 0 fully saturated rings. The summed E-state index contributed by atoms with van der Waals surface area (Å²) in [6.07, 6.45) is -3.57. The van der Waals surface area contributed by atoms with Crippen molar-refractivity contribution in [2.75, 3.05) is 0 Å². The summed E-state index contributed by atoms with van der Waals surface area (Å²) in [5, 5.41) is -1.51. The molecule has 1 amide bonds. The van der Waals surface area contributed by atoms with Crippen molar-refractivity contribution in [3.63, 3.8) is 0 Å². The summed E-state index contributed by atoms with van der Waals surface area (Å²) in [7, 11) is 0. The number of fused-ring (bicyclic) bond motifs is 1. The van der Waals surface area contributed by atoms with Crippen LogP contribution in [0.1, 0.15) is 17.2 Å². The van der Waals surface area contributed by atoms with E-state index in [9.17, 15) is 35.7 Å². The maximum atomic E-state index is 12.4. The molecule has 0 radical (unpaired) electrons. The van der Waals surface area contributed by atoms with Gasteiger partial charge in [-0.15, -0.1) is 0 Å². The highest BCUT2D eigenvalue weighted by molar-refractivity contribution is 9.11. The van der Waals surface area contributed by atoms with Gasteiger partial charge in [0.05, 0.1) is 29.6 Å². The van der Waals surface area contributed by atoms with E-state index in [0.717, 1.165) is 14.6 Å². The molecule has 0 aliphatic heterocycles. The molecule has 236 valence electrons. The van der Waals surface area contributed by atoms with Crippen molar-refractivity contribution in [1.29, 1.82) is 0 Å². The highest BCUT2D eigenvalue weighted by Crippen LogP contribution is 2.61. The van der Waals surface area contributed by atoms with Crippen molar-refractivity contribution in [2.45, 2.75) is 25.4 Å². The molecular formula is C22H17Br3Cl3F6N6O2P. The Bertz CT molecular complexity index is 1500. The SMILES string of the molecule is FC(F)(F)c1ncc2ccc(Br)cn12.NCc1ccc(Br)cn1.O=C(NCc1ccc(Br)cn1)C(F)(F)F.O=P(Cl)(Cl)Cl. The summed E-state index contributed by atoms with van der Waals surface area (Å²) in [5.41, 5.74) is 7.01. The fourth-order valence-corrected chi connectivity index (χ4v) is 3.29. The first-order chi connectivity index (χ1) is 19.7. The number of alkyl halides is 6. The molecular weight excluding hydrogens is 871 g/mol. The maximum absolute atomic E-state index is 12.4. The fraction of sp³-hybridized carbons (Fsp3) is 0.182. The number of hydrogen-bond donors (Lipinski definition) is 2. The number of rotatable bonds is 3. The number of carbonyl (C=O) groups is 1. The van der Waals surface area contributed by atoms with Gasteiger partial charge in [-0.2, -0.15) is 26.3 Å². The van der Waals surface area contributed by atoms with Crippen LogP contribution in [0.5, 0.6) is 0 Å². The Labute approximate surface area is 279 Å². The summed E-state index contributed by atoms with van der Waals surface area (Å²) in [6, 6.07) is 10.2. The molecule has 0 spiro atoms. The van der Waals surface area contributed by atoms with Crippen molar-refractivity contribution in [3.8, 4) is 0 Å². The predicted octanol–water partition coefficient (Wildman–Crippen LogP) is 9.25. The molecule has 8 nitrogen and oxygen atoms in total. The Morgan fingerprint density at radius 1 is 0.837 bits per heavy atom. The lowest BCUT2D eigenvalue weighted by molar-refractivity contribution is -0.173. The molecule has 43 heavy (non-hydrogen) atoms. The third-order valence-electron chi connectivity index (χ3n) is 4.22. The largest absolute Gasteiger partial charge is 0.471 e. The summed E-state index contributed by atoms with van der Waals surface area (Å²) >= 11 is 23.4. The van der Waals surface area contributed by atoms with Gasteiger partial charge in [0.25, 0.3) is 0 Å². The standard InChI is InChI=1S/C8H6BrF3N2O.C8H4BrF3N2.C6H7BrN2.Cl3OP/c9-5-1-2-6(13-3-5)4-14-7(15)8(10,11)12;9-5-1-2-6-3-13-7(8(10,11)12)14(6)4-5;7-5-1-2-6(3-8)9-4-5;1-5(2,3)4/h1-3H,4H2,(H,14,15);1-4H;1-2,4H,3,8H2;. The lowest BCUT2D eigenvalue weighted by atomic mass is 10.3. The molecule has 3 N–H and O–H groups in total. The van der Waals surface area contributed by atoms with E-state index in [4.69, 9.17) is 5.73 Å². The molecule has 21 heteroatoms. The molecule has 0 aromatic carbocycles. The third-order valence-corrected chi connectivity index (χ3v) is 5.63. The predicted molar refractivity (Wildman–Crippen MR) is 163 cm³/mol. The zero-order valence-electron chi connectivity index (χ0n) is 20.9. The Morgan fingerprint density at radius 3 is 1.74 bits per heavy atom. The lowest BCUT2D eigenvalue weighted by Gasteiger charge is -2.07. The molecule has 4 rings (SSSR count). The molecule has 4 aromatic rings. The second kappa shape index (κ2) is 17.9. The van der Waals surface area contributed by atoms with Gasteiger partial charge in [0.1, 0.15) is 0 Å². The molecule has 0 unspecified atom stereocenters. The van der Waals surface area contributed by atoms with E-state index >= 15 is 0 Å². The first kappa shape index (κ1) is 39.6. The highest BCUT2D eigenvalue weighted by atomic mass is 79.9. The van der Waals surface area contributed by atoms with Crippen LogP contribution in [-0.2, 0) is 28.6 Å². The summed E-state index contributed by atoms with van der Waals surface area (Å²) < 4.78 is 85.3. The van der Waals surface area contributed by atoms with Gasteiger partial charge < -0.3 is 11.1 Å². The molecule has 0 aliphatic carbocycles. The van der Waals surface area contributed by atoms with E-state index in [1.165, 1.54) is 24.7 Å². The Hall–Kier alpha value is -1.46. The van der Waals surface area contributed by atoms with E-state index in [2.05, 4.69) is 96.5 Å². The molecule has 0 saturated heterocycles. The van der Waals surface area contributed by atoms with Crippen LogP contribution in [0.15, 0.2) is 74.6 Å². The zero-order valence-corrected chi connectivity index (χ0v) is 28.8. The highest BCUT2D eigenvalue weighted by Gasteiger charge is 2.38. The monoisotopic (exact) mass is 884 g/mol. The second-order valence-corrected chi connectivity index (χ2v) is 16.8. The minimum atomic E-state index is -4.85. The van der Waals surface area contributed by atoms with Crippen LogP contribution in [0, 0.1) is 0 Å². The molecule has 0 atom stereocenters. The molecule has 0 bridgehead atoms. The number of amides is 1. The normalized spacial score (nSPS) is 11.3. The summed E-state index contributed by atoms with van der Waals surface area (Å²) in [4.78, 5) is 21.6. The number of hydrogen-bond acceptors (Lipinski definition) is 6. The van der Waals surface area contributed by atoms with E-state index in [1.807, 2.05) is 12.1 Å². The number of halogens is 12. The third kappa shape index (κ3) is 17.0. The van der Waals surface area contributed by atoms with Crippen LogP contribution in [0.2, 0.25) is 0 Å². The van der Waals surface area contributed by atoms with Gasteiger partial charge in [-0.1, -0.05) is 0 Å². The first-order valence-electron chi connectivity index (χ1n) is 10.9. The van der Waals surface area contributed by atoms with E-state index < -0.39 is 29.3 Å². The van der Waals surface area contributed by atoms with Crippen LogP contribution in [-0.4, -0.2) is 31.4 Å². The number of pyridine rings is 3. The minimum absolute atomic E-state index is 0.244. The van der Waals surface area contributed by atoms with Crippen molar-refractivity contribution < 1.29 is 35.7 Å². The van der Waals surface area contributed by atoms with Gasteiger partial charge in [-0.25, -0.2) is 4.98 Å². The zero-order chi connectivity index (χ0) is 33.0. The number of nitrogens with one attached hydrogen (secondary N) is 1. The van der Waals surface area contributed by atoms with Crippen molar-refractivity contribution >= 4 is 98.1 Å². The molecule has 0 saturated carbocycles. The minimum Gasteiger partial charge on any atom is -0.343 e. The van der Waals surface area contributed by atoms with Gasteiger partial charge in [-0.3, -0.25) is 23.7 Å². The van der Waals surface area contributed by atoms with Gasteiger partial charge in [0, 0.05) is 38.6 Å². The van der Waals surface area contributed by atoms with Crippen molar-refractivity contribution in [2.24, 2.45) is 5.73 Å². The average molecular weight is 888 g/mol. The van der Waals surface area contributed by atoms with Crippen LogP contribution < -0.4 is 11.1 Å². The van der Waals surface area contributed by atoms with E-state index in [0.29, 0.717) is 26.7 Å². The van der Waals surface area contributed by atoms with E-state index in [1.54, 1.807) is 29.7 Å². The fourth-order valence-electron chi connectivity index (χ4n) is 2.48. The smallest absolute Gasteiger partial charge is 0.343 e. The van der Waals surface area contributed by atoms with Gasteiger partial charge in [0.15, 0.2) is 0 Å². The Balaban J connectivity index is 0.000000306. The molecule has 4 heterocycles.